The van der Waals surface area contributed by atoms with Crippen LogP contribution in [0.4, 0.5) is 0 Å². The molecule has 0 radical (unpaired) electrons. The van der Waals surface area contributed by atoms with Crippen molar-refractivity contribution in [3.8, 4) is 0 Å². The second-order valence-corrected chi connectivity index (χ2v) is 4.81. The fourth-order valence-corrected chi connectivity index (χ4v) is 1.90. The molecule has 0 fully saturated rings. The van der Waals surface area contributed by atoms with Crippen LogP contribution in [0.1, 0.15) is 24.8 Å². The second kappa shape index (κ2) is 6.08. The normalized spacial score (nSPS) is 14.6. The molecule has 1 amide bonds. The van der Waals surface area contributed by atoms with Crippen LogP contribution in [0.3, 0.4) is 0 Å². The van der Waals surface area contributed by atoms with Gasteiger partial charge in [0.05, 0.1) is 5.01 Å². The van der Waals surface area contributed by atoms with Crippen LogP contribution in [0.15, 0.2) is 11.6 Å². The number of alkyl halides is 1. The van der Waals surface area contributed by atoms with Crippen LogP contribution in [0.2, 0.25) is 0 Å². The van der Waals surface area contributed by atoms with Crippen LogP contribution in [-0.4, -0.2) is 23.3 Å². The molecule has 0 aliphatic carbocycles. The molecule has 1 aromatic rings. The number of thiazole rings is 1. The Bertz CT molecular complexity index is 302. The number of nitrogens with one attached hydrogen (secondary N) is 1. The monoisotopic (exact) mass is 246 g/mol. The van der Waals surface area contributed by atoms with Crippen molar-refractivity contribution in [2.45, 2.75) is 19.8 Å². The molecule has 5 heteroatoms. The van der Waals surface area contributed by atoms with Crippen molar-refractivity contribution in [3.63, 3.8) is 0 Å². The van der Waals surface area contributed by atoms with E-state index in [1.54, 1.807) is 17.5 Å². The molecule has 1 N–H and O–H groups in total. The Morgan fingerprint density at radius 2 is 2.40 bits per heavy atom. The maximum atomic E-state index is 11.4. The van der Waals surface area contributed by atoms with E-state index in [1.807, 2.05) is 19.2 Å². The maximum absolute atomic E-state index is 11.4. The Labute approximate surface area is 98.9 Å². The SMILES string of the molecule is CC(CCl)C(=O)NCC(C)c1nccs1. The minimum Gasteiger partial charge on any atom is -0.355 e. The van der Waals surface area contributed by atoms with Crippen molar-refractivity contribution in [2.75, 3.05) is 12.4 Å². The van der Waals surface area contributed by atoms with E-state index in [1.165, 1.54) is 0 Å². The second-order valence-electron chi connectivity index (χ2n) is 3.57. The third-order valence-corrected chi connectivity index (χ3v) is 3.60. The van der Waals surface area contributed by atoms with E-state index in [-0.39, 0.29) is 17.7 Å². The van der Waals surface area contributed by atoms with Gasteiger partial charge in [-0.15, -0.1) is 22.9 Å². The van der Waals surface area contributed by atoms with Crippen molar-refractivity contribution in [1.82, 2.24) is 10.3 Å². The molecule has 1 aromatic heterocycles. The van der Waals surface area contributed by atoms with Crippen LogP contribution in [-0.2, 0) is 4.79 Å². The number of carbonyl (C=O) groups excluding carboxylic acids is 1. The lowest BCUT2D eigenvalue weighted by Gasteiger charge is -2.12. The summed E-state index contributed by atoms with van der Waals surface area (Å²) in [6.07, 6.45) is 1.78. The highest BCUT2D eigenvalue weighted by Crippen LogP contribution is 2.16. The number of carbonyl (C=O) groups is 1. The largest absolute Gasteiger partial charge is 0.355 e. The van der Waals surface area contributed by atoms with Gasteiger partial charge in [-0.3, -0.25) is 4.79 Å². The summed E-state index contributed by atoms with van der Waals surface area (Å²) < 4.78 is 0. The molecule has 0 saturated heterocycles. The topological polar surface area (TPSA) is 42.0 Å². The van der Waals surface area contributed by atoms with Gasteiger partial charge in [0, 0.05) is 35.8 Å². The third-order valence-electron chi connectivity index (χ3n) is 2.13. The van der Waals surface area contributed by atoms with Gasteiger partial charge in [-0.2, -0.15) is 0 Å². The van der Waals surface area contributed by atoms with Gasteiger partial charge in [0.15, 0.2) is 0 Å². The van der Waals surface area contributed by atoms with Gasteiger partial charge in [0.25, 0.3) is 0 Å². The van der Waals surface area contributed by atoms with Gasteiger partial charge in [-0.1, -0.05) is 13.8 Å². The Kier molecular flexibility index (Phi) is 5.05. The first-order valence-electron chi connectivity index (χ1n) is 4.88. The number of nitrogens with zero attached hydrogens (tertiary/aromatic N) is 1. The zero-order valence-electron chi connectivity index (χ0n) is 8.87. The standard InChI is InChI=1S/C10H15ClN2OS/c1-7(5-11)9(14)13-6-8(2)10-12-3-4-15-10/h3-4,7-8H,5-6H2,1-2H3,(H,13,14). The summed E-state index contributed by atoms with van der Waals surface area (Å²) in [5, 5.41) is 5.85. The zero-order chi connectivity index (χ0) is 11.3. The van der Waals surface area contributed by atoms with Crippen LogP contribution in [0.5, 0.6) is 0 Å². The van der Waals surface area contributed by atoms with Crippen LogP contribution in [0, 0.1) is 5.92 Å². The highest BCUT2D eigenvalue weighted by molar-refractivity contribution is 7.09. The Morgan fingerprint density at radius 1 is 1.67 bits per heavy atom. The predicted molar refractivity (Wildman–Crippen MR) is 63.4 cm³/mol. The van der Waals surface area contributed by atoms with Crippen molar-refractivity contribution < 1.29 is 4.79 Å². The van der Waals surface area contributed by atoms with Gasteiger partial charge in [0.1, 0.15) is 0 Å². The molecule has 1 heterocycles. The Balaban J connectivity index is 2.34. The van der Waals surface area contributed by atoms with E-state index in [9.17, 15) is 4.79 Å². The first-order valence-corrected chi connectivity index (χ1v) is 6.29. The number of hydrogen-bond acceptors (Lipinski definition) is 3. The molecule has 15 heavy (non-hydrogen) atoms. The molecule has 0 bridgehead atoms. The van der Waals surface area contributed by atoms with E-state index in [0.29, 0.717) is 12.4 Å². The smallest absolute Gasteiger partial charge is 0.224 e. The Morgan fingerprint density at radius 3 is 2.93 bits per heavy atom. The molecular weight excluding hydrogens is 232 g/mol. The number of hydrogen-bond donors (Lipinski definition) is 1. The fraction of sp³-hybridized carbons (Fsp3) is 0.600. The number of aromatic nitrogens is 1. The summed E-state index contributed by atoms with van der Waals surface area (Å²) in [4.78, 5) is 15.6. The molecule has 0 aliphatic heterocycles. The van der Waals surface area contributed by atoms with Crippen molar-refractivity contribution >= 4 is 28.8 Å². The number of halogens is 1. The molecule has 84 valence electrons. The molecule has 2 unspecified atom stereocenters. The summed E-state index contributed by atoms with van der Waals surface area (Å²) in [7, 11) is 0. The van der Waals surface area contributed by atoms with Gasteiger partial charge >= 0.3 is 0 Å². The molecule has 0 spiro atoms. The molecule has 2 atom stereocenters. The van der Waals surface area contributed by atoms with Crippen LogP contribution >= 0.6 is 22.9 Å². The quantitative estimate of drug-likeness (QED) is 0.810. The van der Waals surface area contributed by atoms with Gasteiger partial charge in [-0.25, -0.2) is 4.98 Å². The van der Waals surface area contributed by atoms with E-state index in [2.05, 4.69) is 10.3 Å². The minimum absolute atomic E-state index is 0.00778. The highest BCUT2D eigenvalue weighted by atomic mass is 35.5. The first-order chi connectivity index (χ1) is 7.15. The van der Waals surface area contributed by atoms with E-state index < -0.39 is 0 Å². The first kappa shape index (κ1) is 12.5. The van der Waals surface area contributed by atoms with Gasteiger partial charge in [0.2, 0.25) is 5.91 Å². The van der Waals surface area contributed by atoms with Crippen molar-refractivity contribution in [3.05, 3.63) is 16.6 Å². The zero-order valence-corrected chi connectivity index (χ0v) is 10.4. The molecule has 3 nitrogen and oxygen atoms in total. The lowest BCUT2D eigenvalue weighted by molar-refractivity contribution is -0.123. The number of rotatable bonds is 5. The average molecular weight is 247 g/mol. The van der Waals surface area contributed by atoms with E-state index >= 15 is 0 Å². The summed E-state index contributed by atoms with van der Waals surface area (Å²) in [6.45, 7) is 4.48. The maximum Gasteiger partial charge on any atom is 0.224 e. The predicted octanol–water partition coefficient (Wildman–Crippen LogP) is 2.24. The third kappa shape index (κ3) is 3.80. The Hall–Kier alpha value is -0.610. The average Bonchev–Trinajstić information content (AvgIpc) is 2.77. The molecule has 0 aromatic carbocycles. The summed E-state index contributed by atoms with van der Waals surface area (Å²) in [5.41, 5.74) is 0. The molecular formula is C10H15ClN2OS. The minimum atomic E-state index is -0.129. The fourth-order valence-electron chi connectivity index (χ4n) is 1.06. The van der Waals surface area contributed by atoms with Crippen LogP contribution in [0.25, 0.3) is 0 Å². The van der Waals surface area contributed by atoms with Gasteiger partial charge < -0.3 is 5.32 Å². The van der Waals surface area contributed by atoms with Gasteiger partial charge in [-0.05, 0) is 0 Å². The summed E-state index contributed by atoms with van der Waals surface area (Å²) in [6, 6.07) is 0. The van der Waals surface area contributed by atoms with Crippen LogP contribution < -0.4 is 5.32 Å². The van der Waals surface area contributed by atoms with E-state index in [4.69, 9.17) is 11.6 Å². The van der Waals surface area contributed by atoms with Crippen molar-refractivity contribution in [1.29, 1.82) is 0 Å². The highest BCUT2D eigenvalue weighted by Gasteiger charge is 2.13. The number of amides is 1. The lowest BCUT2D eigenvalue weighted by Crippen LogP contribution is -2.32. The summed E-state index contributed by atoms with van der Waals surface area (Å²) >= 11 is 7.20. The van der Waals surface area contributed by atoms with Crippen molar-refractivity contribution in [2.24, 2.45) is 5.92 Å². The molecule has 1 rings (SSSR count). The molecule has 0 saturated carbocycles. The molecule has 0 aliphatic rings. The summed E-state index contributed by atoms with van der Waals surface area (Å²) in [5.74, 6) is 0.498. The van der Waals surface area contributed by atoms with E-state index in [0.717, 1.165) is 5.01 Å². The lowest BCUT2D eigenvalue weighted by atomic mass is 10.1.